The van der Waals surface area contributed by atoms with Gasteiger partial charge in [0.2, 0.25) is 0 Å². The van der Waals surface area contributed by atoms with Crippen molar-refractivity contribution in [1.29, 1.82) is 0 Å². The van der Waals surface area contributed by atoms with Gasteiger partial charge in [0.25, 0.3) is 0 Å². The third kappa shape index (κ3) is 2.31. The minimum absolute atomic E-state index is 0.695. The van der Waals surface area contributed by atoms with Crippen LogP contribution in [0, 0.1) is 6.07 Å². The first-order chi connectivity index (χ1) is 4.93. The fourth-order valence-electron chi connectivity index (χ4n) is 0.589. The Morgan fingerprint density at radius 1 is 1.60 bits per heavy atom. The largest absolute Gasteiger partial charge is 0.482 e. The third-order valence-corrected chi connectivity index (χ3v) is 1.37. The quantitative estimate of drug-likeness (QED) is 0.615. The monoisotopic (exact) mass is 153 g/mol. The summed E-state index contributed by atoms with van der Waals surface area (Å²) in [4.78, 5) is 0. The van der Waals surface area contributed by atoms with Gasteiger partial charge in [-0.3, -0.25) is 0 Å². The van der Waals surface area contributed by atoms with Gasteiger partial charge in [-0.15, -0.1) is 11.8 Å². The van der Waals surface area contributed by atoms with Crippen molar-refractivity contribution in [3.8, 4) is 5.75 Å². The summed E-state index contributed by atoms with van der Waals surface area (Å²) < 4.78 is 5.26. The first kappa shape index (κ1) is 7.48. The molecule has 1 radical (unpaired) electrons. The Kier molecular flexibility index (Phi) is 3.16. The fraction of sp³-hybridized carbons (Fsp3) is 0.250. The van der Waals surface area contributed by atoms with E-state index in [1.54, 1.807) is 11.8 Å². The van der Waals surface area contributed by atoms with Gasteiger partial charge in [0.15, 0.2) is 0 Å². The Morgan fingerprint density at radius 3 is 3.10 bits per heavy atom. The highest BCUT2D eigenvalue weighted by atomic mass is 32.2. The normalized spacial score (nSPS) is 9.30. The molecule has 0 amide bonds. The van der Waals surface area contributed by atoms with Gasteiger partial charge in [0, 0.05) is 6.07 Å². The minimum Gasteiger partial charge on any atom is -0.482 e. The second-order valence-corrected chi connectivity index (χ2v) is 2.59. The van der Waals surface area contributed by atoms with E-state index in [0.29, 0.717) is 5.94 Å². The van der Waals surface area contributed by atoms with Gasteiger partial charge in [-0.05, 0) is 12.3 Å². The number of hydrogen-bond acceptors (Lipinski definition) is 2. The molecular weight excluding hydrogens is 144 g/mol. The Balaban J connectivity index is 2.43. The van der Waals surface area contributed by atoms with Crippen molar-refractivity contribution in [3.63, 3.8) is 0 Å². The van der Waals surface area contributed by atoms with E-state index in [1.807, 2.05) is 30.5 Å². The molecule has 0 saturated carbocycles. The molecule has 0 bridgehead atoms. The predicted octanol–water partition coefficient (Wildman–Crippen LogP) is 2.19. The van der Waals surface area contributed by atoms with E-state index in [0.717, 1.165) is 5.75 Å². The summed E-state index contributed by atoms with van der Waals surface area (Å²) in [6, 6.07) is 10.6. The molecule has 0 aromatic heterocycles. The summed E-state index contributed by atoms with van der Waals surface area (Å²) >= 11 is 1.65. The van der Waals surface area contributed by atoms with Crippen molar-refractivity contribution in [2.75, 3.05) is 12.2 Å². The van der Waals surface area contributed by atoms with Gasteiger partial charge < -0.3 is 4.74 Å². The second kappa shape index (κ2) is 4.23. The van der Waals surface area contributed by atoms with Crippen molar-refractivity contribution in [2.24, 2.45) is 0 Å². The lowest BCUT2D eigenvalue weighted by Gasteiger charge is -2.00. The van der Waals surface area contributed by atoms with Gasteiger partial charge >= 0.3 is 0 Å². The molecule has 0 spiro atoms. The van der Waals surface area contributed by atoms with Gasteiger partial charge in [0.05, 0.1) is 0 Å². The lowest BCUT2D eigenvalue weighted by molar-refractivity contribution is 0.392. The molecular formula is C8H9OS. The predicted molar refractivity (Wildman–Crippen MR) is 44.3 cm³/mol. The summed E-state index contributed by atoms with van der Waals surface area (Å²) in [7, 11) is 0. The number of ether oxygens (including phenoxy) is 1. The maximum absolute atomic E-state index is 5.26. The molecule has 0 aliphatic heterocycles. The lowest BCUT2D eigenvalue weighted by Crippen LogP contribution is -1.90. The standard InChI is InChI=1S/C8H9OS/c1-10-7-9-8-5-3-2-4-6-8/h2-5H,7H2,1H3. The summed E-state index contributed by atoms with van der Waals surface area (Å²) in [6.07, 6.45) is 2.00. The number of rotatable bonds is 3. The van der Waals surface area contributed by atoms with Crippen LogP contribution in [0.3, 0.4) is 0 Å². The number of benzene rings is 1. The Labute approximate surface area is 65.4 Å². The first-order valence-electron chi connectivity index (χ1n) is 3.02. The van der Waals surface area contributed by atoms with E-state index < -0.39 is 0 Å². The van der Waals surface area contributed by atoms with Crippen molar-refractivity contribution in [2.45, 2.75) is 0 Å². The van der Waals surface area contributed by atoms with Gasteiger partial charge in [-0.2, -0.15) is 0 Å². The van der Waals surface area contributed by atoms with Crippen LogP contribution in [0.2, 0.25) is 0 Å². The average molecular weight is 153 g/mol. The molecule has 1 nitrogen and oxygen atoms in total. The van der Waals surface area contributed by atoms with Gasteiger partial charge in [0.1, 0.15) is 11.7 Å². The van der Waals surface area contributed by atoms with Crippen LogP contribution >= 0.6 is 11.8 Å². The van der Waals surface area contributed by atoms with Crippen LogP contribution in [0.25, 0.3) is 0 Å². The topological polar surface area (TPSA) is 9.23 Å². The van der Waals surface area contributed by atoms with Crippen molar-refractivity contribution < 1.29 is 4.74 Å². The molecule has 0 aliphatic rings. The highest BCUT2D eigenvalue weighted by molar-refractivity contribution is 7.98. The van der Waals surface area contributed by atoms with Crippen LogP contribution in [0.5, 0.6) is 5.75 Å². The second-order valence-electron chi connectivity index (χ2n) is 1.78. The summed E-state index contributed by atoms with van der Waals surface area (Å²) in [6.45, 7) is 0. The molecule has 10 heavy (non-hydrogen) atoms. The summed E-state index contributed by atoms with van der Waals surface area (Å²) in [5, 5.41) is 0. The van der Waals surface area contributed by atoms with Crippen LogP contribution in [0.4, 0.5) is 0 Å². The fourth-order valence-corrected chi connectivity index (χ4v) is 0.834. The van der Waals surface area contributed by atoms with Crippen LogP contribution < -0.4 is 4.74 Å². The van der Waals surface area contributed by atoms with Gasteiger partial charge in [-0.1, -0.05) is 18.2 Å². The van der Waals surface area contributed by atoms with Crippen molar-refractivity contribution in [3.05, 3.63) is 30.3 Å². The summed E-state index contributed by atoms with van der Waals surface area (Å²) in [5.74, 6) is 1.51. The molecule has 2 heteroatoms. The van der Waals surface area contributed by atoms with E-state index in [-0.39, 0.29) is 0 Å². The van der Waals surface area contributed by atoms with Crippen LogP contribution in [-0.4, -0.2) is 12.2 Å². The average Bonchev–Trinajstić information content (AvgIpc) is 2.03. The van der Waals surface area contributed by atoms with E-state index in [4.69, 9.17) is 4.74 Å². The molecule has 0 N–H and O–H groups in total. The van der Waals surface area contributed by atoms with E-state index in [1.165, 1.54) is 0 Å². The molecule has 1 aromatic rings. The van der Waals surface area contributed by atoms with Gasteiger partial charge in [-0.25, -0.2) is 0 Å². The number of hydrogen-bond donors (Lipinski definition) is 0. The molecule has 0 aliphatic carbocycles. The Morgan fingerprint density at radius 2 is 2.50 bits per heavy atom. The van der Waals surface area contributed by atoms with E-state index in [2.05, 4.69) is 6.07 Å². The zero-order chi connectivity index (χ0) is 7.23. The molecule has 1 rings (SSSR count). The highest BCUT2D eigenvalue weighted by Gasteiger charge is 1.87. The molecule has 0 unspecified atom stereocenters. The SMILES string of the molecule is CSCOc1[c]cccc1. The maximum Gasteiger partial charge on any atom is 0.134 e. The van der Waals surface area contributed by atoms with Crippen LogP contribution in [0.15, 0.2) is 24.3 Å². The molecule has 53 valence electrons. The van der Waals surface area contributed by atoms with Crippen molar-refractivity contribution in [1.82, 2.24) is 0 Å². The van der Waals surface area contributed by atoms with E-state index >= 15 is 0 Å². The Hall–Kier alpha value is -0.630. The first-order valence-corrected chi connectivity index (χ1v) is 4.41. The maximum atomic E-state index is 5.26. The molecule has 0 atom stereocenters. The zero-order valence-corrected chi connectivity index (χ0v) is 6.65. The summed E-state index contributed by atoms with van der Waals surface area (Å²) in [5.41, 5.74) is 0. The third-order valence-electron chi connectivity index (χ3n) is 1.01. The molecule has 1 aromatic carbocycles. The van der Waals surface area contributed by atoms with Crippen molar-refractivity contribution >= 4 is 11.8 Å². The minimum atomic E-state index is 0.695. The molecule has 0 saturated heterocycles. The lowest BCUT2D eigenvalue weighted by atomic mass is 10.3. The van der Waals surface area contributed by atoms with Crippen LogP contribution in [0.1, 0.15) is 0 Å². The number of thioether (sulfide) groups is 1. The zero-order valence-electron chi connectivity index (χ0n) is 5.83. The Bertz CT molecular complexity index is 174. The number of para-hydroxylation sites is 1. The van der Waals surface area contributed by atoms with E-state index in [9.17, 15) is 0 Å². The smallest absolute Gasteiger partial charge is 0.134 e. The molecule has 0 fully saturated rings. The van der Waals surface area contributed by atoms with Crippen LogP contribution in [-0.2, 0) is 0 Å². The molecule has 0 heterocycles. The highest BCUT2D eigenvalue weighted by Crippen LogP contribution is 2.08.